The molecule has 34 heavy (non-hydrogen) atoms. The van der Waals surface area contributed by atoms with Gasteiger partial charge in [-0.1, -0.05) is 13.8 Å². The summed E-state index contributed by atoms with van der Waals surface area (Å²) in [6.07, 6.45) is 4.20. The number of carbonyl (C=O) groups is 2. The van der Waals surface area contributed by atoms with Crippen LogP contribution in [0.15, 0.2) is 11.6 Å². The van der Waals surface area contributed by atoms with E-state index in [2.05, 4.69) is 44.3 Å². The first kappa shape index (κ1) is 22.4. The van der Waals surface area contributed by atoms with Crippen molar-refractivity contribution in [2.24, 2.45) is 5.73 Å². The van der Waals surface area contributed by atoms with E-state index in [1.165, 1.54) is 11.3 Å². The quantitative estimate of drug-likeness (QED) is 0.434. The zero-order valence-corrected chi connectivity index (χ0v) is 19.9. The number of piperidine rings is 1. The lowest BCUT2D eigenvalue weighted by Gasteiger charge is -2.30. The lowest BCUT2D eigenvalue weighted by molar-refractivity contribution is -0.131. The van der Waals surface area contributed by atoms with E-state index in [1.54, 1.807) is 11.6 Å². The molecule has 2 aliphatic rings. The fourth-order valence-corrected chi connectivity index (χ4v) is 5.38. The molecular weight excluding hydrogens is 454 g/mol. The van der Waals surface area contributed by atoms with Gasteiger partial charge in [0.15, 0.2) is 5.13 Å². The molecule has 0 saturated carbocycles. The Balaban J connectivity index is 1.32. The number of H-pyrrole nitrogens is 1. The van der Waals surface area contributed by atoms with Crippen LogP contribution in [-0.2, 0) is 23.1 Å². The molecule has 0 bridgehead atoms. The van der Waals surface area contributed by atoms with Crippen LogP contribution in [0.5, 0.6) is 0 Å². The standard InChI is InChI=1S/C22H27N9O2S/c1-22(2)8-11-9-25-20(24)27-16(11)17-15(22)18(30-29-17)19(33)28-21-26-13(10-34-21)7-14(32)31-5-3-12(23)4-6-31/h9-10,12H,3-8,23H2,1-2H3,(H,29,30)(H2,24,25,27)(H,26,28,33). The summed E-state index contributed by atoms with van der Waals surface area (Å²) >= 11 is 1.29. The van der Waals surface area contributed by atoms with E-state index < -0.39 is 0 Å². The number of nitrogens with two attached hydrogens (primary N) is 2. The van der Waals surface area contributed by atoms with E-state index in [4.69, 9.17) is 11.5 Å². The number of fused-ring (bicyclic) bond motifs is 3. The number of aromatic amines is 1. The SMILES string of the molecule is CC1(C)Cc2cnc(N)nc2-c2n[nH]c(C(=O)Nc3nc(CC(=O)N4CCC(N)CC4)cs3)c21. The zero-order valence-electron chi connectivity index (χ0n) is 19.1. The summed E-state index contributed by atoms with van der Waals surface area (Å²) in [6, 6.07) is 0.168. The summed E-state index contributed by atoms with van der Waals surface area (Å²) in [4.78, 5) is 40.5. The van der Waals surface area contributed by atoms with Gasteiger partial charge in [-0.25, -0.2) is 15.0 Å². The minimum Gasteiger partial charge on any atom is -0.368 e. The average Bonchev–Trinajstić information content (AvgIpc) is 3.42. The van der Waals surface area contributed by atoms with Gasteiger partial charge in [0.1, 0.15) is 11.4 Å². The van der Waals surface area contributed by atoms with Crippen molar-refractivity contribution in [3.63, 3.8) is 0 Å². The highest BCUT2D eigenvalue weighted by atomic mass is 32.1. The van der Waals surface area contributed by atoms with Gasteiger partial charge in [0, 0.05) is 36.3 Å². The summed E-state index contributed by atoms with van der Waals surface area (Å²) in [5, 5.41) is 12.3. The van der Waals surface area contributed by atoms with Gasteiger partial charge in [0.2, 0.25) is 11.9 Å². The Kier molecular flexibility index (Phi) is 5.56. The molecule has 1 aliphatic heterocycles. The number of carbonyl (C=O) groups excluding carboxylic acids is 2. The molecule has 1 fully saturated rings. The molecule has 1 aliphatic carbocycles. The van der Waals surface area contributed by atoms with E-state index in [0.717, 1.165) is 24.0 Å². The molecule has 3 aromatic heterocycles. The summed E-state index contributed by atoms with van der Waals surface area (Å²) in [5.74, 6) is -0.153. The van der Waals surface area contributed by atoms with E-state index in [0.29, 0.717) is 47.4 Å². The monoisotopic (exact) mass is 481 g/mol. The summed E-state index contributed by atoms with van der Waals surface area (Å²) in [5.41, 5.74) is 15.3. The Morgan fingerprint density at radius 3 is 2.79 bits per heavy atom. The van der Waals surface area contributed by atoms with Gasteiger partial charge in [0.25, 0.3) is 5.91 Å². The number of anilines is 2. The van der Waals surface area contributed by atoms with Gasteiger partial charge >= 0.3 is 0 Å². The van der Waals surface area contributed by atoms with Crippen LogP contribution in [0.2, 0.25) is 0 Å². The van der Waals surface area contributed by atoms with Crippen LogP contribution in [0.1, 0.15) is 54.0 Å². The van der Waals surface area contributed by atoms with Crippen molar-refractivity contribution >= 4 is 34.2 Å². The van der Waals surface area contributed by atoms with Gasteiger partial charge in [-0.2, -0.15) is 5.10 Å². The van der Waals surface area contributed by atoms with E-state index >= 15 is 0 Å². The number of amides is 2. The number of nitrogens with zero attached hydrogens (tertiary/aromatic N) is 5. The van der Waals surface area contributed by atoms with Crippen molar-refractivity contribution in [2.45, 2.75) is 51.0 Å². The summed E-state index contributed by atoms with van der Waals surface area (Å²) in [7, 11) is 0. The van der Waals surface area contributed by atoms with Crippen LogP contribution >= 0.6 is 11.3 Å². The van der Waals surface area contributed by atoms with Crippen molar-refractivity contribution < 1.29 is 9.59 Å². The van der Waals surface area contributed by atoms with E-state index in [1.807, 2.05) is 4.90 Å². The predicted octanol–water partition coefficient (Wildman–Crippen LogP) is 1.48. The largest absolute Gasteiger partial charge is 0.368 e. The molecule has 11 nitrogen and oxygen atoms in total. The molecule has 178 valence electrons. The van der Waals surface area contributed by atoms with Crippen molar-refractivity contribution in [1.29, 1.82) is 0 Å². The van der Waals surface area contributed by atoms with Crippen LogP contribution in [0.4, 0.5) is 11.1 Å². The Bertz CT molecular complexity index is 1260. The maximum Gasteiger partial charge on any atom is 0.275 e. The number of nitrogens with one attached hydrogen (secondary N) is 2. The first-order chi connectivity index (χ1) is 16.2. The van der Waals surface area contributed by atoms with Crippen LogP contribution in [0.3, 0.4) is 0 Å². The normalized spacial score (nSPS) is 17.2. The lowest BCUT2D eigenvalue weighted by Crippen LogP contribution is -2.43. The fourth-order valence-electron chi connectivity index (χ4n) is 4.68. The molecule has 0 unspecified atom stereocenters. The lowest BCUT2D eigenvalue weighted by atomic mass is 9.73. The fraction of sp³-hybridized carbons (Fsp3) is 0.455. The summed E-state index contributed by atoms with van der Waals surface area (Å²) < 4.78 is 0. The Morgan fingerprint density at radius 2 is 2.03 bits per heavy atom. The first-order valence-electron chi connectivity index (χ1n) is 11.2. The topological polar surface area (TPSA) is 169 Å². The molecule has 0 spiro atoms. The number of rotatable bonds is 4. The smallest absolute Gasteiger partial charge is 0.275 e. The van der Waals surface area contributed by atoms with E-state index in [-0.39, 0.29) is 35.6 Å². The van der Waals surface area contributed by atoms with Gasteiger partial charge < -0.3 is 16.4 Å². The molecule has 4 heterocycles. The van der Waals surface area contributed by atoms with Crippen LogP contribution in [0.25, 0.3) is 11.4 Å². The number of likely N-dealkylation sites (tertiary alicyclic amines) is 1. The van der Waals surface area contributed by atoms with Crippen LogP contribution < -0.4 is 16.8 Å². The van der Waals surface area contributed by atoms with Crippen LogP contribution in [-0.4, -0.2) is 61.0 Å². The second kappa shape index (κ2) is 8.44. The second-order valence-electron chi connectivity index (χ2n) is 9.48. The number of aromatic nitrogens is 5. The maximum atomic E-state index is 13.2. The first-order valence-corrected chi connectivity index (χ1v) is 12.1. The van der Waals surface area contributed by atoms with Crippen LogP contribution in [0, 0.1) is 0 Å². The van der Waals surface area contributed by atoms with Gasteiger partial charge in [-0.15, -0.1) is 11.3 Å². The zero-order chi connectivity index (χ0) is 24.0. The molecule has 12 heteroatoms. The van der Waals surface area contributed by atoms with Gasteiger partial charge in [-0.3, -0.25) is 20.0 Å². The Morgan fingerprint density at radius 1 is 1.26 bits per heavy atom. The second-order valence-corrected chi connectivity index (χ2v) is 10.3. The Labute approximate surface area is 200 Å². The average molecular weight is 482 g/mol. The molecule has 0 aromatic carbocycles. The van der Waals surface area contributed by atoms with Crippen molar-refractivity contribution in [3.05, 3.63) is 34.1 Å². The third kappa shape index (κ3) is 4.14. The van der Waals surface area contributed by atoms with Crippen molar-refractivity contribution in [3.8, 4) is 11.4 Å². The third-order valence-corrected chi connectivity index (χ3v) is 7.21. The minimum atomic E-state index is -0.362. The molecule has 5 rings (SSSR count). The van der Waals surface area contributed by atoms with Gasteiger partial charge in [-0.05, 0) is 30.2 Å². The number of nitrogen functional groups attached to an aromatic ring is 1. The number of hydrogen-bond acceptors (Lipinski definition) is 9. The van der Waals surface area contributed by atoms with Crippen molar-refractivity contribution in [1.82, 2.24) is 30.0 Å². The highest BCUT2D eigenvalue weighted by Gasteiger charge is 2.38. The van der Waals surface area contributed by atoms with Gasteiger partial charge in [0.05, 0.1) is 17.8 Å². The van der Waals surface area contributed by atoms with E-state index in [9.17, 15) is 9.59 Å². The molecule has 0 atom stereocenters. The highest BCUT2D eigenvalue weighted by Crippen LogP contribution is 2.42. The molecule has 3 aromatic rings. The number of thiazole rings is 1. The number of hydrogen-bond donors (Lipinski definition) is 4. The third-order valence-electron chi connectivity index (χ3n) is 6.41. The minimum absolute atomic E-state index is 0.0272. The molecular formula is C22H27N9O2S. The Hall–Kier alpha value is -3.38. The molecule has 2 amide bonds. The summed E-state index contributed by atoms with van der Waals surface area (Å²) in [6.45, 7) is 5.46. The highest BCUT2D eigenvalue weighted by molar-refractivity contribution is 7.14. The molecule has 1 saturated heterocycles. The van der Waals surface area contributed by atoms with Crippen molar-refractivity contribution in [2.75, 3.05) is 24.1 Å². The predicted molar refractivity (Wildman–Crippen MR) is 128 cm³/mol. The molecule has 0 radical (unpaired) electrons. The molecule has 6 N–H and O–H groups in total. The maximum absolute atomic E-state index is 13.2.